The highest BCUT2D eigenvalue weighted by Gasteiger charge is 2.18. The van der Waals surface area contributed by atoms with Crippen LogP contribution in [-0.4, -0.2) is 9.91 Å². The van der Waals surface area contributed by atoms with Gasteiger partial charge in [-0.15, -0.1) is 0 Å². The van der Waals surface area contributed by atoms with Gasteiger partial charge in [0.1, 0.15) is 0 Å². The van der Waals surface area contributed by atoms with Gasteiger partial charge in [0.05, 0.1) is 22.7 Å². The molecule has 0 saturated carbocycles. The van der Waals surface area contributed by atoms with Gasteiger partial charge in [0, 0.05) is 17.4 Å². The predicted octanol–water partition coefficient (Wildman–Crippen LogP) is 3.53. The quantitative estimate of drug-likeness (QED) is 0.682. The van der Waals surface area contributed by atoms with Crippen LogP contribution in [0.5, 0.6) is 0 Å². The Hall–Kier alpha value is -2.43. The summed E-state index contributed by atoms with van der Waals surface area (Å²) in [5.41, 5.74) is 4.21. The molecule has 1 aromatic carbocycles. The van der Waals surface area contributed by atoms with Crippen LogP contribution in [0.3, 0.4) is 0 Å². The standard InChI is InChI=1S/C15H17N3O2/c1-10-6-4-5-7-13(10)17-9-14-12(3)15(18(19)20)11(2)8-16-14/h4-8,17H,9H2,1-3H3. The molecule has 1 N–H and O–H groups in total. The molecular weight excluding hydrogens is 254 g/mol. The first kappa shape index (κ1) is 14.0. The topological polar surface area (TPSA) is 68.1 Å². The number of rotatable bonds is 4. The maximum atomic E-state index is 11.1. The van der Waals surface area contributed by atoms with Crippen molar-refractivity contribution in [1.82, 2.24) is 4.98 Å². The third-order valence-electron chi connectivity index (χ3n) is 3.35. The summed E-state index contributed by atoms with van der Waals surface area (Å²) in [6, 6.07) is 7.92. The molecule has 0 fully saturated rings. The average molecular weight is 271 g/mol. The number of nitrogens with one attached hydrogen (secondary N) is 1. The van der Waals surface area contributed by atoms with Crippen molar-refractivity contribution in [1.29, 1.82) is 0 Å². The molecule has 5 nitrogen and oxygen atoms in total. The van der Waals surface area contributed by atoms with Gasteiger partial charge < -0.3 is 5.32 Å². The fourth-order valence-corrected chi connectivity index (χ4v) is 2.17. The summed E-state index contributed by atoms with van der Waals surface area (Å²) in [5.74, 6) is 0. The number of benzene rings is 1. The van der Waals surface area contributed by atoms with E-state index in [0.717, 1.165) is 11.3 Å². The first-order chi connectivity index (χ1) is 9.50. The van der Waals surface area contributed by atoms with Crippen LogP contribution in [0, 0.1) is 30.9 Å². The van der Waals surface area contributed by atoms with E-state index in [4.69, 9.17) is 0 Å². The molecule has 1 heterocycles. The highest BCUT2D eigenvalue weighted by Crippen LogP contribution is 2.24. The van der Waals surface area contributed by atoms with Crippen LogP contribution >= 0.6 is 0 Å². The Kier molecular flexibility index (Phi) is 3.98. The number of pyridine rings is 1. The molecule has 0 spiro atoms. The third-order valence-corrected chi connectivity index (χ3v) is 3.35. The van der Waals surface area contributed by atoms with Crippen LogP contribution in [0.15, 0.2) is 30.5 Å². The Morgan fingerprint density at radius 1 is 1.20 bits per heavy atom. The van der Waals surface area contributed by atoms with E-state index in [9.17, 15) is 10.1 Å². The van der Waals surface area contributed by atoms with Gasteiger partial charge in [-0.2, -0.15) is 0 Å². The molecule has 0 atom stereocenters. The number of anilines is 1. The van der Waals surface area contributed by atoms with Crippen molar-refractivity contribution in [2.45, 2.75) is 27.3 Å². The number of hydrogen-bond donors (Lipinski definition) is 1. The monoisotopic (exact) mass is 271 g/mol. The Morgan fingerprint density at radius 3 is 2.55 bits per heavy atom. The van der Waals surface area contributed by atoms with E-state index >= 15 is 0 Å². The lowest BCUT2D eigenvalue weighted by Gasteiger charge is -2.11. The molecule has 20 heavy (non-hydrogen) atoms. The van der Waals surface area contributed by atoms with Crippen molar-refractivity contribution in [2.75, 3.05) is 5.32 Å². The SMILES string of the molecule is Cc1ccccc1NCc1ncc(C)c([N+](=O)[O-])c1C. The molecule has 2 aromatic rings. The van der Waals surface area contributed by atoms with Gasteiger partial charge in [-0.25, -0.2) is 0 Å². The summed E-state index contributed by atoms with van der Waals surface area (Å²) < 4.78 is 0. The molecule has 0 aliphatic heterocycles. The fraction of sp³-hybridized carbons (Fsp3) is 0.267. The largest absolute Gasteiger partial charge is 0.379 e. The third kappa shape index (κ3) is 2.77. The molecule has 1 aromatic heterocycles. The number of aryl methyl sites for hydroxylation is 2. The van der Waals surface area contributed by atoms with E-state index < -0.39 is 0 Å². The van der Waals surface area contributed by atoms with Crippen molar-refractivity contribution in [2.24, 2.45) is 0 Å². The lowest BCUT2D eigenvalue weighted by molar-refractivity contribution is -0.386. The first-order valence-corrected chi connectivity index (χ1v) is 6.39. The molecule has 0 bridgehead atoms. The van der Waals surface area contributed by atoms with Crippen LogP contribution < -0.4 is 5.32 Å². The molecule has 104 valence electrons. The highest BCUT2D eigenvalue weighted by molar-refractivity contribution is 5.52. The van der Waals surface area contributed by atoms with E-state index in [2.05, 4.69) is 10.3 Å². The second kappa shape index (κ2) is 5.69. The molecule has 0 amide bonds. The van der Waals surface area contributed by atoms with Crippen molar-refractivity contribution >= 4 is 11.4 Å². The smallest absolute Gasteiger partial charge is 0.278 e. The van der Waals surface area contributed by atoms with E-state index in [1.54, 1.807) is 20.0 Å². The molecule has 0 radical (unpaired) electrons. The summed E-state index contributed by atoms with van der Waals surface area (Å²) in [6.07, 6.45) is 1.56. The predicted molar refractivity (Wildman–Crippen MR) is 78.9 cm³/mol. The summed E-state index contributed by atoms with van der Waals surface area (Å²) >= 11 is 0. The second-order valence-corrected chi connectivity index (χ2v) is 4.79. The molecule has 0 aliphatic rings. The van der Waals surface area contributed by atoms with Crippen LogP contribution in [0.2, 0.25) is 0 Å². The minimum Gasteiger partial charge on any atom is -0.379 e. The average Bonchev–Trinajstić information content (AvgIpc) is 2.39. The van der Waals surface area contributed by atoms with Gasteiger partial charge in [0.25, 0.3) is 5.69 Å². The van der Waals surface area contributed by atoms with Gasteiger partial charge in [0.2, 0.25) is 0 Å². The van der Waals surface area contributed by atoms with Crippen LogP contribution in [0.25, 0.3) is 0 Å². The van der Waals surface area contributed by atoms with E-state index in [1.807, 2.05) is 31.2 Å². The second-order valence-electron chi connectivity index (χ2n) is 4.79. The first-order valence-electron chi connectivity index (χ1n) is 6.39. The minimum atomic E-state index is -0.344. The molecular formula is C15H17N3O2. The Balaban J connectivity index is 2.25. The van der Waals surface area contributed by atoms with Crippen molar-refractivity contribution < 1.29 is 4.92 Å². The molecule has 0 aliphatic carbocycles. The number of nitrogens with zero attached hydrogens (tertiary/aromatic N) is 2. The van der Waals surface area contributed by atoms with Gasteiger partial charge in [-0.05, 0) is 32.4 Å². The van der Waals surface area contributed by atoms with Crippen LogP contribution in [-0.2, 0) is 6.54 Å². The Morgan fingerprint density at radius 2 is 1.90 bits per heavy atom. The van der Waals surface area contributed by atoms with Crippen LogP contribution in [0.1, 0.15) is 22.4 Å². The zero-order valence-electron chi connectivity index (χ0n) is 11.8. The van der Waals surface area contributed by atoms with Gasteiger partial charge >= 0.3 is 0 Å². The van der Waals surface area contributed by atoms with Crippen molar-refractivity contribution in [3.05, 3.63) is 63.0 Å². The Labute approximate surface area is 117 Å². The van der Waals surface area contributed by atoms with E-state index in [0.29, 0.717) is 23.4 Å². The Bertz CT molecular complexity index is 654. The summed E-state index contributed by atoms with van der Waals surface area (Å²) in [7, 11) is 0. The fourth-order valence-electron chi connectivity index (χ4n) is 2.17. The molecule has 0 saturated heterocycles. The van der Waals surface area contributed by atoms with E-state index in [-0.39, 0.29) is 10.6 Å². The maximum absolute atomic E-state index is 11.1. The lowest BCUT2D eigenvalue weighted by atomic mass is 10.1. The number of nitro groups is 1. The van der Waals surface area contributed by atoms with Crippen molar-refractivity contribution in [3.63, 3.8) is 0 Å². The highest BCUT2D eigenvalue weighted by atomic mass is 16.6. The number of aromatic nitrogens is 1. The summed E-state index contributed by atoms with van der Waals surface area (Å²) in [4.78, 5) is 15.0. The zero-order chi connectivity index (χ0) is 14.7. The maximum Gasteiger partial charge on any atom is 0.278 e. The van der Waals surface area contributed by atoms with Crippen LogP contribution in [0.4, 0.5) is 11.4 Å². The summed E-state index contributed by atoms with van der Waals surface area (Å²) in [5, 5.41) is 14.4. The zero-order valence-corrected chi connectivity index (χ0v) is 11.8. The normalized spacial score (nSPS) is 10.3. The lowest BCUT2D eigenvalue weighted by Crippen LogP contribution is -2.07. The van der Waals surface area contributed by atoms with Gasteiger partial charge in [-0.1, -0.05) is 18.2 Å². The van der Waals surface area contributed by atoms with E-state index in [1.165, 1.54) is 0 Å². The number of hydrogen-bond acceptors (Lipinski definition) is 4. The minimum absolute atomic E-state index is 0.154. The van der Waals surface area contributed by atoms with Crippen molar-refractivity contribution in [3.8, 4) is 0 Å². The molecule has 5 heteroatoms. The van der Waals surface area contributed by atoms with Gasteiger partial charge in [0.15, 0.2) is 0 Å². The molecule has 0 unspecified atom stereocenters. The molecule has 2 rings (SSSR count). The summed E-state index contributed by atoms with van der Waals surface area (Å²) in [6.45, 7) is 5.93. The van der Waals surface area contributed by atoms with Gasteiger partial charge in [-0.3, -0.25) is 15.1 Å². The number of para-hydroxylation sites is 1.